The summed E-state index contributed by atoms with van der Waals surface area (Å²) in [5.74, 6) is 1.59. The molecule has 0 spiro atoms. The molecule has 1 aliphatic heterocycles. The van der Waals surface area contributed by atoms with Crippen molar-refractivity contribution in [2.45, 2.75) is 25.8 Å². The fourth-order valence-corrected chi connectivity index (χ4v) is 4.40. The normalized spacial score (nSPS) is 13.4. The Morgan fingerprint density at radius 1 is 1.07 bits per heavy atom. The average Bonchev–Trinajstić information content (AvgIpc) is 3.35. The van der Waals surface area contributed by atoms with Gasteiger partial charge in [-0.15, -0.1) is 11.3 Å². The summed E-state index contributed by atoms with van der Waals surface area (Å²) < 4.78 is 11.0. The van der Waals surface area contributed by atoms with E-state index < -0.39 is 0 Å². The number of nitrogens with zero attached hydrogens (tertiary/aromatic N) is 1. The van der Waals surface area contributed by atoms with Crippen LogP contribution >= 0.6 is 11.3 Å². The number of hydrogen-bond acceptors (Lipinski definition) is 4. The van der Waals surface area contributed by atoms with Gasteiger partial charge in [0.15, 0.2) is 11.5 Å². The summed E-state index contributed by atoms with van der Waals surface area (Å²) in [4.78, 5) is 16.1. The van der Waals surface area contributed by atoms with Crippen molar-refractivity contribution in [1.82, 2.24) is 4.90 Å². The summed E-state index contributed by atoms with van der Waals surface area (Å²) in [6, 6.07) is 18.2. The molecule has 0 radical (unpaired) electrons. The Hall–Kier alpha value is -2.79. The molecule has 1 aromatic heterocycles. The fourth-order valence-electron chi connectivity index (χ4n) is 3.44. The van der Waals surface area contributed by atoms with Gasteiger partial charge in [0.05, 0.1) is 6.54 Å². The van der Waals surface area contributed by atoms with Gasteiger partial charge in [-0.05, 0) is 47.2 Å². The number of carbonyl (C=O) groups excluding carboxylic acids is 1. The van der Waals surface area contributed by atoms with Gasteiger partial charge in [0, 0.05) is 24.3 Å². The van der Waals surface area contributed by atoms with Crippen LogP contribution in [0.25, 0.3) is 0 Å². The highest BCUT2D eigenvalue weighted by atomic mass is 32.1. The third-order valence-corrected chi connectivity index (χ3v) is 6.16. The highest BCUT2D eigenvalue weighted by Gasteiger charge is 2.23. The summed E-state index contributed by atoms with van der Waals surface area (Å²) in [6.45, 7) is 2.98. The van der Waals surface area contributed by atoms with Crippen LogP contribution in [0.3, 0.4) is 0 Å². The van der Waals surface area contributed by atoms with Crippen molar-refractivity contribution in [3.8, 4) is 11.5 Å². The summed E-state index contributed by atoms with van der Waals surface area (Å²) in [7, 11) is 1.88. The molecule has 1 amide bonds. The summed E-state index contributed by atoms with van der Waals surface area (Å²) in [5.41, 5.74) is 3.42. The predicted molar refractivity (Wildman–Crippen MR) is 111 cm³/mol. The molecule has 28 heavy (non-hydrogen) atoms. The number of benzene rings is 2. The summed E-state index contributed by atoms with van der Waals surface area (Å²) in [6.07, 6.45) is 0.407. The number of aryl methyl sites for hydroxylation is 1. The van der Waals surface area contributed by atoms with Gasteiger partial charge in [-0.25, -0.2) is 0 Å². The van der Waals surface area contributed by atoms with E-state index in [1.54, 1.807) is 11.3 Å². The first-order chi connectivity index (χ1) is 13.6. The molecular weight excluding hydrogens is 370 g/mol. The Kier molecular flexibility index (Phi) is 5.35. The van der Waals surface area contributed by atoms with Gasteiger partial charge in [-0.3, -0.25) is 4.79 Å². The Balaban J connectivity index is 1.57. The third kappa shape index (κ3) is 3.90. The van der Waals surface area contributed by atoms with Crippen LogP contribution in [-0.2, 0) is 11.3 Å². The molecule has 2 heterocycles. The van der Waals surface area contributed by atoms with E-state index in [-0.39, 0.29) is 18.6 Å². The lowest BCUT2D eigenvalue weighted by molar-refractivity contribution is -0.130. The number of hydrogen-bond donors (Lipinski definition) is 0. The molecule has 2 aromatic carbocycles. The molecule has 0 saturated carbocycles. The zero-order valence-corrected chi connectivity index (χ0v) is 16.9. The molecule has 1 aliphatic rings. The Morgan fingerprint density at radius 2 is 1.86 bits per heavy atom. The molecule has 0 bridgehead atoms. The average molecular weight is 394 g/mol. The standard InChI is InChI=1S/C23H23NO3S/c1-16-10-11-28-22(16)14-24(2)23(25)13-19(17-6-4-3-5-7-17)18-8-9-20-21(12-18)27-15-26-20/h3-12,19H,13-15H2,1-2H3/t19-/m0/s1. The number of fused-ring (bicyclic) bond motifs is 1. The quantitative estimate of drug-likeness (QED) is 0.594. The molecule has 1 atom stereocenters. The Morgan fingerprint density at radius 3 is 2.61 bits per heavy atom. The van der Waals surface area contributed by atoms with E-state index in [4.69, 9.17) is 9.47 Å². The van der Waals surface area contributed by atoms with E-state index in [1.165, 1.54) is 10.4 Å². The van der Waals surface area contributed by atoms with Crippen LogP contribution < -0.4 is 9.47 Å². The van der Waals surface area contributed by atoms with Crippen LogP contribution in [0.1, 0.15) is 33.9 Å². The van der Waals surface area contributed by atoms with Crippen LogP contribution in [0.4, 0.5) is 0 Å². The molecule has 0 N–H and O–H groups in total. The Bertz CT molecular complexity index is 967. The van der Waals surface area contributed by atoms with Crippen molar-refractivity contribution in [1.29, 1.82) is 0 Å². The van der Waals surface area contributed by atoms with Crippen LogP contribution in [0, 0.1) is 6.92 Å². The molecule has 0 aliphatic carbocycles. The monoisotopic (exact) mass is 393 g/mol. The van der Waals surface area contributed by atoms with Gasteiger partial charge >= 0.3 is 0 Å². The SMILES string of the molecule is Cc1ccsc1CN(C)C(=O)C[C@@H](c1ccccc1)c1ccc2c(c1)OCO2. The Labute approximate surface area is 169 Å². The van der Waals surface area contributed by atoms with E-state index in [0.717, 1.165) is 22.6 Å². The van der Waals surface area contributed by atoms with Crippen molar-refractivity contribution in [3.05, 3.63) is 81.5 Å². The second-order valence-corrected chi connectivity index (χ2v) is 8.06. The second kappa shape index (κ2) is 8.07. The predicted octanol–water partition coefficient (Wildman–Crippen LogP) is 4.97. The molecular formula is C23H23NO3S. The lowest BCUT2D eigenvalue weighted by Crippen LogP contribution is -2.27. The molecule has 3 aromatic rings. The maximum Gasteiger partial charge on any atom is 0.231 e. The fraction of sp³-hybridized carbons (Fsp3) is 0.261. The van der Waals surface area contributed by atoms with Gasteiger partial charge in [-0.2, -0.15) is 0 Å². The molecule has 4 rings (SSSR count). The van der Waals surface area contributed by atoms with Gasteiger partial charge in [-0.1, -0.05) is 36.4 Å². The topological polar surface area (TPSA) is 38.8 Å². The molecule has 144 valence electrons. The minimum absolute atomic E-state index is 0.0323. The minimum Gasteiger partial charge on any atom is -0.454 e. The van der Waals surface area contributed by atoms with Crippen LogP contribution in [0.15, 0.2) is 60.0 Å². The first-order valence-electron chi connectivity index (χ1n) is 9.33. The van der Waals surface area contributed by atoms with E-state index in [2.05, 4.69) is 30.5 Å². The number of ether oxygens (including phenoxy) is 2. The second-order valence-electron chi connectivity index (χ2n) is 7.06. The van der Waals surface area contributed by atoms with E-state index in [1.807, 2.05) is 48.3 Å². The van der Waals surface area contributed by atoms with E-state index in [9.17, 15) is 4.79 Å². The summed E-state index contributed by atoms with van der Waals surface area (Å²) >= 11 is 1.70. The van der Waals surface area contributed by atoms with Gasteiger partial charge in [0.2, 0.25) is 12.7 Å². The number of rotatable bonds is 6. The maximum atomic E-state index is 13.0. The molecule has 4 nitrogen and oxygen atoms in total. The molecule has 0 fully saturated rings. The zero-order chi connectivity index (χ0) is 19.5. The number of carbonyl (C=O) groups is 1. The molecule has 0 saturated heterocycles. The van der Waals surface area contributed by atoms with Crippen molar-refractivity contribution >= 4 is 17.2 Å². The summed E-state index contributed by atoms with van der Waals surface area (Å²) in [5, 5.41) is 2.07. The van der Waals surface area contributed by atoms with Crippen LogP contribution in [0.2, 0.25) is 0 Å². The molecule has 0 unspecified atom stereocenters. The van der Waals surface area contributed by atoms with Crippen molar-refractivity contribution in [2.24, 2.45) is 0 Å². The zero-order valence-electron chi connectivity index (χ0n) is 16.1. The van der Waals surface area contributed by atoms with Gasteiger partial charge < -0.3 is 14.4 Å². The first-order valence-corrected chi connectivity index (χ1v) is 10.2. The van der Waals surface area contributed by atoms with Crippen molar-refractivity contribution in [3.63, 3.8) is 0 Å². The van der Waals surface area contributed by atoms with Crippen molar-refractivity contribution in [2.75, 3.05) is 13.8 Å². The number of thiophene rings is 1. The minimum atomic E-state index is -0.0323. The molecule has 5 heteroatoms. The lowest BCUT2D eigenvalue weighted by atomic mass is 9.88. The first kappa shape index (κ1) is 18.6. The van der Waals surface area contributed by atoms with Crippen LogP contribution in [0.5, 0.6) is 11.5 Å². The highest BCUT2D eigenvalue weighted by molar-refractivity contribution is 7.10. The van der Waals surface area contributed by atoms with E-state index >= 15 is 0 Å². The maximum absolute atomic E-state index is 13.0. The smallest absolute Gasteiger partial charge is 0.231 e. The number of amides is 1. The lowest BCUT2D eigenvalue weighted by Gasteiger charge is -2.22. The highest BCUT2D eigenvalue weighted by Crippen LogP contribution is 2.37. The largest absolute Gasteiger partial charge is 0.454 e. The van der Waals surface area contributed by atoms with Gasteiger partial charge in [0.1, 0.15) is 0 Å². The third-order valence-electron chi connectivity index (χ3n) is 5.15. The van der Waals surface area contributed by atoms with E-state index in [0.29, 0.717) is 13.0 Å². The van der Waals surface area contributed by atoms with Crippen LogP contribution in [-0.4, -0.2) is 24.6 Å². The van der Waals surface area contributed by atoms with Gasteiger partial charge in [0.25, 0.3) is 0 Å². The van der Waals surface area contributed by atoms with Crippen molar-refractivity contribution < 1.29 is 14.3 Å².